The number of hydrogen-bond acceptors (Lipinski definition) is 6. The number of aromatic nitrogens is 1. The maximum Gasteiger partial charge on any atom is 0.279 e. The minimum Gasteiger partial charge on any atom is -0.490 e. The lowest BCUT2D eigenvalue weighted by atomic mass is 10.2. The molecule has 1 aliphatic heterocycles. The quantitative estimate of drug-likeness (QED) is 0.610. The summed E-state index contributed by atoms with van der Waals surface area (Å²) in [6.45, 7) is 7.73. The number of amides is 1. The summed E-state index contributed by atoms with van der Waals surface area (Å²) in [5.41, 5.74) is 1.42. The molecule has 1 aromatic heterocycles. The average Bonchev–Trinajstić information content (AvgIpc) is 3.30. The summed E-state index contributed by atoms with van der Waals surface area (Å²) in [7, 11) is 0. The minimum atomic E-state index is -0.331. The van der Waals surface area contributed by atoms with Crippen LogP contribution < -0.4 is 23.7 Å². The summed E-state index contributed by atoms with van der Waals surface area (Å²) in [6, 6.07) is 9.00. The molecule has 8 heteroatoms. The smallest absolute Gasteiger partial charge is 0.279 e. The van der Waals surface area contributed by atoms with Gasteiger partial charge in [-0.3, -0.25) is 4.79 Å². The van der Waals surface area contributed by atoms with Gasteiger partial charge in [-0.05, 0) is 39.0 Å². The highest BCUT2D eigenvalue weighted by Gasteiger charge is 2.18. The van der Waals surface area contributed by atoms with Crippen LogP contribution in [0.3, 0.4) is 0 Å². The average molecular weight is 414 g/mol. The summed E-state index contributed by atoms with van der Waals surface area (Å²) in [4.78, 5) is 17.9. The van der Waals surface area contributed by atoms with Crippen molar-refractivity contribution in [1.82, 2.24) is 4.57 Å². The first-order chi connectivity index (χ1) is 14.1. The summed E-state index contributed by atoms with van der Waals surface area (Å²) < 4.78 is 25.1. The first-order valence-electron chi connectivity index (χ1n) is 9.56. The molecule has 4 rings (SSSR count). The first kappa shape index (κ1) is 19.3. The molecule has 0 saturated heterocycles. The van der Waals surface area contributed by atoms with Crippen LogP contribution in [0.15, 0.2) is 35.3 Å². The summed E-state index contributed by atoms with van der Waals surface area (Å²) in [6.07, 6.45) is 0. The van der Waals surface area contributed by atoms with Crippen LogP contribution in [0.4, 0.5) is 0 Å². The molecule has 7 nitrogen and oxygen atoms in total. The Morgan fingerprint density at radius 3 is 2.52 bits per heavy atom. The summed E-state index contributed by atoms with van der Waals surface area (Å²) >= 11 is 1.45. The molecule has 0 saturated carbocycles. The molecule has 2 heterocycles. The molecule has 0 N–H and O–H groups in total. The number of aryl methyl sites for hydroxylation is 1. The number of ether oxygens (including phenoxy) is 4. The van der Waals surface area contributed by atoms with Gasteiger partial charge in [0.25, 0.3) is 5.91 Å². The van der Waals surface area contributed by atoms with E-state index in [1.807, 2.05) is 37.5 Å². The van der Waals surface area contributed by atoms with E-state index in [1.54, 1.807) is 18.2 Å². The molecule has 0 radical (unpaired) electrons. The molecule has 0 bridgehead atoms. The zero-order valence-corrected chi connectivity index (χ0v) is 17.4. The molecular formula is C21H22N2O5S. The van der Waals surface area contributed by atoms with Crippen LogP contribution in [0, 0.1) is 0 Å². The van der Waals surface area contributed by atoms with E-state index in [1.165, 1.54) is 11.3 Å². The Bertz CT molecular complexity index is 1130. The molecule has 0 unspecified atom stereocenters. The number of benzene rings is 2. The van der Waals surface area contributed by atoms with E-state index >= 15 is 0 Å². The van der Waals surface area contributed by atoms with Crippen molar-refractivity contribution in [3.63, 3.8) is 0 Å². The molecule has 0 atom stereocenters. The lowest BCUT2D eigenvalue weighted by molar-refractivity contribution is 0.0997. The SMILES string of the molecule is CCOc1ccc(C(=O)N=c2sc3cc4c(cc3n2CC)OCO4)cc1OCC. The molecule has 1 amide bonds. The van der Waals surface area contributed by atoms with E-state index in [4.69, 9.17) is 18.9 Å². The maximum absolute atomic E-state index is 12.9. The van der Waals surface area contributed by atoms with Crippen LogP contribution >= 0.6 is 11.3 Å². The topological polar surface area (TPSA) is 71.3 Å². The Kier molecular flexibility index (Phi) is 5.44. The highest BCUT2D eigenvalue weighted by atomic mass is 32.1. The van der Waals surface area contributed by atoms with Gasteiger partial charge in [0.15, 0.2) is 27.8 Å². The van der Waals surface area contributed by atoms with Crippen molar-refractivity contribution >= 4 is 27.5 Å². The van der Waals surface area contributed by atoms with Gasteiger partial charge in [-0.1, -0.05) is 11.3 Å². The molecule has 29 heavy (non-hydrogen) atoms. The van der Waals surface area contributed by atoms with Gasteiger partial charge in [0.1, 0.15) is 0 Å². The van der Waals surface area contributed by atoms with Crippen molar-refractivity contribution < 1.29 is 23.7 Å². The second kappa shape index (κ2) is 8.16. The van der Waals surface area contributed by atoms with Gasteiger partial charge in [-0.15, -0.1) is 0 Å². The molecule has 152 valence electrons. The fraction of sp³-hybridized carbons (Fsp3) is 0.333. The normalized spacial score (nSPS) is 13.1. The van der Waals surface area contributed by atoms with E-state index in [0.717, 1.165) is 10.2 Å². The van der Waals surface area contributed by atoms with E-state index in [-0.39, 0.29) is 12.7 Å². The predicted octanol–water partition coefficient (Wildman–Crippen LogP) is 3.99. The molecule has 0 fully saturated rings. The molecule has 0 spiro atoms. The number of thiazole rings is 1. The molecule has 1 aliphatic rings. The van der Waals surface area contributed by atoms with Crippen LogP contribution in [-0.4, -0.2) is 30.5 Å². The van der Waals surface area contributed by atoms with Gasteiger partial charge in [0.2, 0.25) is 6.79 Å². The number of nitrogens with zero attached hydrogens (tertiary/aromatic N) is 2. The molecule has 3 aromatic rings. The highest BCUT2D eigenvalue weighted by molar-refractivity contribution is 7.16. The third-order valence-corrected chi connectivity index (χ3v) is 5.52. The van der Waals surface area contributed by atoms with Gasteiger partial charge >= 0.3 is 0 Å². The van der Waals surface area contributed by atoms with Crippen LogP contribution in [0.2, 0.25) is 0 Å². The number of fused-ring (bicyclic) bond motifs is 2. The number of rotatable bonds is 6. The van der Waals surface area contributed by atoms with E-state index in [2.05, 4.69) is 4.99 Å². The standard InChI is InChI=1S/C21H22N2O5S/c1-4-23-14-10-17-18(28-12-27-17)11-19(14)29-21(23)22-20(24)13-7-8-15(25-5-2)16(9-13)26-6-3/h7-11H,4-6,12H2,1-3H3. The van der Waals surface area contributed by atoms with Crippen molar-refractivity contribution in [3.8, 4) is 23.0 Å². The van der Waals surface area contributed by atoms with E-state index in [9.17, 15) is 4.79 Å². The Morgan fingerprint density at radius 2 is 1.79 bits per heavy atom. The Hall–Kier alpha value is -3.00. The lowest BCUT2D eigenvalue weighted by Crippen LogP contribution is -2.16. The minimum absolute atomic E-state index is 0.231. The van der Waals surface area contributed by atoms with Crippen LogP contribution in [0.1, 0.15) is 31.1 Å². The zero-order valence-electron chi connectivity index (χ0n) is 16.6. The van der Waals surface area contributed by atoms with Gasteiger partial charge in [0, 0.05) is 24.2 Å². The maximum atomic E-state index is 12.9. The fourth-order valence-electron chi connectivity index (χ4n) is 3.19. The summed E-state index contributed by atoms with van der Waals surface area (Å²) in [5, 5.41) is 0. The second-order valence-corrected chi connectivity index (χ2v) is 7.26. The van der Waals surface area contributed by atoms with Crippen LogP contribution in [-0.2, 0) is 6.54 Å². The van der Waals surface area contributed by atoms with Crippen LogP contribution in [0.25, 0.3) is 10.2 Å². The van der Waals surface area contributed by atoms with Crippen molar-refractivity contribution in [3.05, 3.63) is 40.7 Å². The van der Waals surface area contributed by atoms with Crippen molar-refractivity contribution in [2.45, 2.75) is 27.3 Å². The van der Waals surface area contributed by atoms with Crippen LogP contribution in [0.5, 0.6) is 23.0 Å². The van der Waals surface area contributed by atoms with Gasteiger partial charge in [-0.2, -0.15) is 4.99 Å². The zero-order chi connectivity index (χ0) is 20.4. The number of carbonyl (C=O) groups is 1. The first-order valence-corrected chi connectivity index (χ1v) is 10.4. The van der Waals surface area contributed by atoms with Crippen molar-refractivity contribution in [1.29, 1.82) is 0 Å². The van der Waals surface area contributed by atoms with Gasteiger partial charge in [0.05, 0.1) is 23.4 Å². The predicted molar refractivity (Wildman–Crippen MR) is 110 cm³/mol. The fourth-order valence-corrected chi connectivity index (χ4v) is 4.29. The summed E-state index contributed by atoms with van der Waals surface area (Å²) in [5.74, 6) is 2.26. The molecule has 0 aliphatic carbocycles. The highest BCUT2D eigenvalue weighted by Crippen LogP contribution is 2.37. The largest absolute Gasteiger partial charge is 0.490 e. The van der Waals surface area contributed by atoms with E-state index < -0.39 is 0 Å². The van der Waals surface area contributed by atoms with Gasteiger partial charge in [-0.25, -0.2) is 0 Å². The second-order valence-electron chi connectivity index (χ2n) is 6.25. The van der Waals surface area contributed by atoms with Crippen molar-refractivity contribution in [2.75, 3.05) is 20.0 Å². The Morgan fingerprint density at radius 1 is 1.07 bits per heavy atom. The number of carbonyl (C=O) groups excluding carboxylic acids is 1. The molecule has 2 aromatic carbocycles. The monoisotopic (exact) mass is 414 g/mol. The molecular weight excluding hydrogens is 392 g/mol. The number of hydrogen-bond donors (Lipinski definition) is 0. The van der Waals surface area contributed by atoms with Gasteiger partial charge < -0.3 is 23.5 Å². The third-order valence-electron chi connectivity index (χ3n) is 4.48. The third kappa shape index (κ3) is 3.67. The Labute approximate surface area is 172 Å². The van der Waals surface area contributed by atoms with Crippen molar-refractivity contribution in [2.24, 2.45) is 4.99 Å². The lowest BCUT2D eigenvalue weighted by Gasteiger charge is -2.11. The van der Waals surface area contributed by atoms with E-state index in [0.29, 0.717) is 53.1 Å². The Balaban J connectivity index is 1.75.